The van der Waals surface area contributed by atoms with Crippen LogP contribution in [-0.2, 0) is 24.5 Å². The molecular formula is C12H10FeO4. The molecular weight excluding hydrogens is 264 g/mol. The van der Waals surface area contributed by atoms with Crippen molar-refractivity contribution < 1.29 is 34.8 Å². The van der Waals surface area contributed by atoms with Gasteiger partial charge in [0.25, 0.3) is 0 Å². The van der Waals surface area contributed by atoms with Crippen molar-refractivity contribution in [2.45, 2.75) is 0 Å². The minimum atomic E-state index is -0.900. The summed E-state index contributed by atoms with van der Waals surface area (Å²) in [6.45, 7) is 0. The molecule has 17 heavy (non-hydrogen) atoms. The molecule has 0 fully saturated rings. The zero-order chi connectivity index (χ0) is 12.4. The van der Waals surface area contributed by atoms with Gasteiger partial charge in [-0.05, 0) is 0 Å². The summed E-state index contributed by atoms with van der Waals surface area (Å²) in [7, 11) is 0. The first-order valence-electron chi connectivity index (χ1n) is 4.94. The van der Waals surface area contributed by atoms with Crippen molar-refractivity contribution in [2.75, 3.05) is 0 Å². The molecule has 0 aliphatic heterocycles. The Morgan fingerprint density at radius 1 is 0.941 bits per heavy atom. The fourth-order valence-electron chi connectivity index (χ4n) is 1.58. The van der Waals surface area contributed by atoms with Crippen LogP contribution < -0.4 is 0 Å². The first-order valence-corrected chi connectivity index (χ1v) is 6.05. The van der Waals surface area contributed by atoms with Crippen LogP contribution in [0.4, 0.5) is 0 Å². The van der Waals surface area contributed by atoms with Crippen LogP contribution in [0.3, 0.4) is 0 Å². The molecule has 0 radical (unpaired) electrons. The second-order valence-corrected chi connectivity index (χ2v) is 5.12. The summed E-state index contributed by atoms with van der Waals surface area (Å²) in [6, 6.07) is 0. The summed E-state index contributed by atoms with van der Waals surface area (Å²) >= 11 is 0.397. The number of carbonyl (C=O) groups is 2. The molecule has 2 N–H and O–H groups in total. The van der Waals surface area contributed by atoms with Gasteiger partial charge in [-0.1, -0.05) is 0 Å². The maximum atomic E-state index is 11.0. The van der Waals surface area contributed by atoms with Crippen molar-refractivity contribution >= 4 is 11.9 Å². The van der Waals surface area contributed by atoms with E-state index >= 15 is 0 Å². The van der Waals surface area contributed by atoms with E-state index in [1.165, 1.54) is 0 Å². The van der Waals surface area contributed by atoms with Crippen molar-refractivity contribution in [3.8, 4) is 0 Å². The number of allylic oxidation sites excluding steroid dienone is 4. The predicted octanol–water partition coefficient (Wildman–Crippen LogP) is 1.38. The van der Waals surface area contributed by atoms with Crippen LogP contribution >= 0.6 is 0 Å². The summed E-state index contributed by atoms with van der Waals surface area (Å²) in [5.41, 5.74) is 0. The van der Waals surface area contributed by atoms with Gasteiger partial charge in [-0.25, -0.2) is 0 Å². The quantitative estimate of drug-likeness (QED) is 0.759. The van der Waals surface area contributed by atoms with Gasteiger partial charge in [-0.15, -0.1) is 0 Å². The maximum absolute atomic E-state index is 11.0. The predicted molar refractivity (Wildman–Crippen MR) is 56.7 cm³/mol. The fourth-order valence-corrected chi connectivity index (χ4v) is 3.17. The molecule has 2 aliphatic rings. The van der Waals surface area contributed by atoms with E-state index in [1.807, 2.05) is 0 Å². The van der Waals surface area contributed by atoms with E-state index in [0.29, 0.717) is 15.0 Å². The third-order valence-corrected chi connectivity index (χ3v) is 4.12. The van der Waals surface area contributed by atoms with Crippen LogP contribution in [0.5, 0.6) is 0 Å². The number of rotatable bonds is 4. The molecule has 0 spiro atoms. The van der Waals surface area contributed by atoms with Crippen molar-refractivity contribution in [2.24, 2.45) is 11.8 Å². The van der Waals surface area contributed by atoms with Gasteiger partial charge in [-0.3, -0.25) is 0 Å². The summed E-state index contributed by atoms with van der Waals surface area (Å²) in [4.78, 5) is 21.9. The van der Waals surface area contributed by atoms with Crippen LogP contribution in [-0.4, -0.2) is 22.2 Å². The summed E-state index contributed by atoms with van der Waals surface area (Å²) in [5.74, 6) is -3.04. The van der Waals surface area contributed by atoms with Crippen LogP contribution in [0.25, 0.3) is 0 Å². The average molecular weight is 274 g/mol. The number of aliphatic carboxylic acids is 2. The Morgan fingerprint density at radius 3 is 1.71 bits per heavy atom. The normalized spacial score (nSPS) is 26.1. The molecule has 0 bridgehead atoms. The van der Waals surface area contributed by atoms with Crippen molar-refractivity contribution in [3.63, 3.8) is 0 Å². The molecule has 0 saturated carbocycles. The van der Waals surface area contributed by atoms with Gasteiger partial charge in [0.1, 0.15) is 0 Å². The van der Waals surface area contributed by atoms with Gasteiger partial charge in [0, 0.05) is 0 Å². The molecule has 2 unspecified atom stereocenters. The topological polar surface area (TPSA) is 74.6 Å². The average Bonchev–Trinajstić information content (AvgIpc) is 2.86. The standard InChI is InChI=1S/2C6H5O2.Fe/c2*7-6(8)5-3-1-2-4-5;/h2*1-3,5H,(H,7,8);. The second-order valence-electron chi connectivity index (χ2n) is 3.56. The summed E-state index contributed by atoms with van der Waals surface area (Å²) in [6.07, 6.45) is 10.1. The Labute approximate surface area is 104 Å². The third-order valence-electron chi connectivity index (χ3n) is 2.43. The second kappa shape index (κ2) is 4.73. The Balaban J connectivity index is 2.09. The fraction of sp³-hybridized carbons (Fsp3) is 0.167. The van der Waals surface area contributed by atoms with Crippen molar-refractivity contribution in [1.82, 2.24) is 0 Å². The van der Waals surface area contributed by atoms with Gasteiger partial charge in [0.05, 0.1) is 0 Å². The van der Waals surface area contributed by atoms with E-state index in [-0.39, 0.29) is 0 Å². The minimum absolute atomic E-state index is 0.397. The van der Waals surface area contributed by atoms with Crippen molar-refractivity contribution in [3.05, 3.63) is 45.4 Å². The number of carboxylic acid groups (broad SMARTS) is 2. The molecule has 4 nitrogen and oxygen atoms in total. The van der Waals surface area contributed by atoms with Gasteiger partial charge in [0.15, 0.2) is 0 Å². The summed E-state index contributed by atoms with van der Waals surface area (Å²) in [5, 5.41) is 18.0. The molecule has 2 aliphatic carbocycles. The van der Waals surface area contributed by atoms with E-state index in [1.54, 1.807) is 36.5 Å². The Kier molecular flexibility index (Phi) is 3.31. The van der Waals surface area contributed by atoms with E-state index in [0.717, 1.165) is 8.94 Å². The van der Waals surface area contributed by atoms with Crippen molar-refractivity contribution in [1.29, 1.82) is 0 Å². The third kappa shape index (κ3) is 2.40. The molecule has 0 saturated heterocycles. The summed E-state index contributed by atoms with van der Waals surface area (Å²) < 4.78 is 1.47. The monoisotopic (exact) mass is 274 g/mol. The zero-order valence-corrected chi connectivity index (χ0v) is 9.79. The molecule has 2 rings (SSSR count). The van der Waals surface area contributed by atoms with Crippen LogP contribution in [0.1, 0.15) is 0 Å². The number of carboxylic acids is 2. The van der Waals surface area contributed by atoms with E-state index < -0.39 is 23.8 Å². The van der Waals surface area contributed by atoms with E-state index in [2.05, 4.69) is 0 Å². The molecule has 90 valence electrons. The molecule has 0 aromatic heterocycles. The van der Waals surface area contributed by atoms with Crippen LogP contribution in [0, 0.1) is 11.8 Å². The molecule has 0 amide bonds. The number of hydrogen-bond donors (Lipinski definition) is 2. The first-order chi connectivity index (χ1) is 8.09. The first kappa shape index (κ1) is 11.9. The zero-order valence-electron chi connectivity index (χ0n) is 8.68. The Bertz CT molecular complexity index is 441. The molecule has 0 aromatic carbocycles. The van der Waals surface area contributed by atoms with Gasteiger partial charge < -0.3 is 0 Å². The molecule has 0 heterocycles. The Morgan fingerprint density at radius 2 is 1.35 bits per heavy atom. The molecule has 2 atom stereocenters. The molecule has 5 heteroatoms. The van der Waals surface area contributed by atoms with E-state index in [4.69, 9.17) is 10.2 Å². The molecule has 0 aromatic rings. The van der Waals surface area contributed by atoms with Crippen LogP contribution in [0.2, 0.25) is 0 Å². The Hall–Kier alpha value is -1.58. The SMILES string of the molecule is O=C(O)C1C=CC=[C]1[Fe][C]1=CC=CC1C(=O)O. The van der Waals surface area contributed by atoms with E-state index in [9.17, 15) is 9.59 Å². The van der Waals surface area contributed by atoms with Gasteiger partial charge in [0.2, 0.25) is 0 Å². The van der Waals surface area contributed by atoms with Gasteiger partial charge in [-0.2, -0.15) is 0 Å². The number of hydrogen-bond acceptors (Lipinski definition) is 2. The van der Waals surface area contributed by atoms with Gasteiger partial charge >= 0.3 is 104 Å². The van der Waals surface area contributed by atoms with Crippen LogP contribution in [0.15, 0.2) is 45.4 Å².